The summed E-state index contributed by atoms with van der Waals surface area (Å²) in [6, 6.07) is 0. The minimum atomic E-state index is 0.229. The molecule has 3 rings (SSSR count). The molecule has 0 radical (unpaired) electrons. The van der Waals surface area contributed by atoms with Crippen molar-refractivity contribution in [1.29, 1.82) is 0 Å². The summed E-state index contributed by atoms with van der Waals surface area (Å²) in [4.78, 5) is 14.1. The molecule has 1 fully saturated rings. The number of carbonyl (C=O) groups excluding carboxylic acids is 1. The summed E-state index contributed by atoms with van der Waals surface area (Å²) in [5, 5.41) is 13.3. The van der Waals surface area contributed by atoms with Gasteiger partial charge in [0.1, 0.15) is 5.76 Å². The third-order valence-electron chi connectivity index (χ3n) is 4.32. The molecule has 2 aromatic heterocycles. The molecule has 0 saturated carbocycles. The van der Waals surface area contributed by atoms with Crippen LogP contribution in [0.5, 0.6) is 0 Å². The van der Waals surface area contributed by atoms with Crippen molar-refractivity contribution in [3.63, 3.8) is 0 Å². The van der Waals surface area contributed by atoms with E-state index in [9.17, 15) is 4.79 Å². The maximum Gasteiger partial charge on any atom is 0.222 e. The summed E-state index contributed by atoms with van der Waals surface area (Å²) in [5.74, 6) is 2.67. The highest BCUT2D eigenvalue weighted by Crippen LogP contribution is 2.24. The van der Waals surface area contributed by atoms with E-state index < -0.39 is 0 Å². The predicted molar refractivity (Wildman–Crippen MR) is 90.4 cm³/mol. The van der Waals surface area contributed by atoms with Crippen LogP contribution in [-0.4, -0.2) is 37.3 Å². The van der Waals surface area contributed by atoms with E-state index in [1.54, 1.807) is 18.0 Å². The maximum absolute atomic E-state index is 12.2. The lowest BCUT2D eigenvalue weighted by molar-refractivity contribution is -0.131. The number of aromatic nitrogens is 4. The molecule has 0 bridgehead atoms. The minimum absolute atomic E-state index is 0.229. The number of rotatable bonds is 6. The fourth-order valence-corrected chi connectivity index (χ4v) is 3.89. The molecule has 0 spiro atoms. The Morgan fingerprint density at radius 2 is 2.17 bits per heavy atom. The fourth-order valence-electron chi connectivity index (χ4n) is 2.84. The molecule has 1 aliphatic heterocycles. The van der Waals surface area contributed by atoms with Gasteiger partial charge in [-0.15, -0.1) is 10.2 Å². The Balaban J connectivity index is 1.69. The van der Waals surface area contributed by atoms with Crippen LogP contribution in [0.25, 0.3) is 0 Å². The van der Waals surface area contributed by atoms with Crippen molar-refractivity contribution in [1.82, 2.24) is 24.8 Å². The van der Waals surface area contributed by atoms with Crippen molar-refractivity contribution in [3.8, 4) is 0 Å². The van der Waals surface area contributed by atoms with Gasteiger partial charge in [0.05, 0.1) is 12.7 Å². The van der Waals surface area contributed by atoms with Gasteiger partial charge in [-0.3, -0.25) is 4.79 Å². The SMILES string of the molecule is CCn1c(CN2CCCCCC2=O)nnc1SCc1cnoc1C. The molecule has 8 heteroatoms. The van der Waals surface area contributed by atoms with E-state index in [1.165, 1.54) is 0 Å². The Morgan fingerprint density at radius 3 is 2.92 bits per heavy atom. The highest BCUT2D eigenvalue weighted by molar-refractivity contribution is 7.98. The third-order valence-corrected chi connectivity index (χ3v) is 5.34. The molecule has 0 unspecified atom stereocenters. The molecule has 7 nitrogen and oxygen atoms in total. The summed E-state index contributed by atoms with van der Waals surface area (Å²) < 4.78 is 7.18. The lowest BCUT2D eigenvalue weighted by Crippen LogP contribution is -2.31. The standard InChI is InChI=1S/C16H23N5O2S/c1-3-21-14(10-20-8-6-4-5-7-15(20)22)18-19-16(21)24-11-13-9-17-23-12(13)2/h9H,3-8,10-11H2,1-2H3. The zero-order valence-corrected chi connectivity index (χ0v) is 15.0. The molecule has 130 valence electrons. The number of carbonyl (C=O) groups is 1. The van der Waals surface area contributed by atoms with Crippen molar-refractivity contribution in [2.45, 2.75) is 63.5 Å². The van der Waals surface area contributed by atoms with Crippen LogP contribution in [0, 0.1) is 6.92 Å². The number of thioether (sulfide) groups is 1. The van der Waals surface area contributed by atoms with Gasteiger partial charge in [-0.1, -0.05) is 23.3 Å². The first-order valence-electron chi connectivity index (χ1n) is 8.41. The van der Waals surface area contributed by atoms with Crippen molar-refractivity contribution < 1.29 is 9.32 Å². The topological polar surface area (TPSA) is 77.1 Å². The smallest absolute Gasteiger partial charge is 0.222 e. The highest BCUT2D eigenvalue weighted by Gasteiger charge is 2.20. The van der Waals surface area contributed by atoms with E-state index in [2.05, 4.69) is 26.8 Å². The molecule has 0 N–H and O–H groups in total. The van der Waals surface area contributed by atoms with Crippen LogP contribution in [0.1, 0.15) is 49.8 Å². The average Bonchev–Trinajstić information content (AvgIpc) is 3.10. The first-order chi connectivity index (χ1) is 11.7. The first-order valence-corrected chi connectivity index (χ1v) is 9.40. The quantitative estimate of drug-likeness (QED) is 0.746. The number of likely N-dealkylation sites (tertiary alicyclic amines) is 1. The number of hydrogen-bond donors (Lipinski definition) is 0. The van der Waals surface area contributed by atoms with Crippen molar-refractivity contribution in [3.05, 3.63) is 23.3 Å². The van der Waals surface area contributed by atoms with Crippen LogP contribution in [0.3, 0.4) is 0 Å². The summed E-state index contributed by atoms with van der Waals surface area (Å²) in [6.07, 6.45) is 5.58. The van der Waals surface area contributed by atoms with Crippen molar-refractivity contribution in [2.24, 2.45) is 0 Å². The van der Waals surface area contributed by atoms with Crippen LogP contribution < -0.4 is 0 Å². The first kappa shape index (κ1) is 17.0. The number of aryl methyl sites for hydroxylation is 1. The van der Waals surface area contributed by atoms with Crippen LogP contribution in [-0.2, 0) is 23.6 Å². The van der Waals surface area contributed by atoms with Gasteiger partial charge < -0.3 is 14.0 Å². The largest absolute Gasteiger partial charge is 0.361 e. The lowest BCUT2D eigenvalue weighted by atomic mass is 10.2. The predicted octanol–water partition coefficient (Wildman–Crippen LogP) is 2.79. The number of amides is 1. The van der Waals surface area contributed by atoms with Gasteiger partial charge >= 0.3 is 0 Å². The molecular formula is C16H23N5O2S. The van der Waals surface area contributed by atoms with Crippen LogP contribution in [0.2, 0.25) is 0 Å². The summed E-state index contributed by atoms with van der Waals surface area (Å²) in [5.41, 5.74) is 1.06. The van der Waals surface area contributed by atoms with E-state index >= 15 is 0 Å². The summed E-state index contributed by atoms with van der Waals surface area (Å²) in [7, 11) is 0. The molecule has 3 heterocycles. The zero-order chi connectivity index (χ0) is 16.9. The van der Waals surface area contributed by atoms with Gasteiger partial charge in [0.2, 0.25) is 5.91 Å². The summed E-state index contributed by atoms with van der Waals surface area (Å²) in [6.45, 7) is 6.13. The molecule has 2 aromatic rings. The Bertz CT molecular complexity index is 696. The molecule has 0 aliphatic carbocycles. The highest BCUT2D eigenvalue weighted by atomic mass is 32.2. The zero-order valence-electron chi connectivity index (χ0n) is 14.2. The van der Waals surface area contributed by atoms with Crippen LogP contribution >= 0.6 is 11.8 Å². The van der Waals surface area contributed by atoms with Crippen molar-refractivity contribution in [2.75, 3.05) is 6.54 Å². The lowest BCUT2D eigenvalue weighted by Gasteiger charge is -2.20. The van der Waals surface area contributed by atoms with Crippen molar-refractivity contribution >= 4 is 17.7 Å². The number of hydrogen-bond acceptors (Lipinski definition) is 6. The van der Waals surface area contributed by atoms with Gasteiger partial charge in [0.25, 0.3) is 0 Å². The second-order valence-electron chi connectivity index (χ2n) is 5.96. The van der Waals surface area contributed by atoms with Gasteiger partial charge in [-0.05, 0) is 26.7 Å². The molecule has 0 aromatic carbocycles. The second kappa shape index (κ2) is 7.83. The molecule has 24 heavy (non-hydrogen) atoms. The third kappa shape index (κ3) is 3.80. The maximum atomic E-state index is 12.2. The van der Waals surface area contributed by atoms with Gasteiger partial charge in [0, 0.05) is 30.8 Å². The van der Waals surface area contributed by atoms with Gasteiger partial charge in [-0.2, -0.15) is 0 Å². The van der Waals surface area contributed by atoms with E-state index in [1.807, 2.05) is 11.8 Å². The second-order valence-corrected chi connectivity index (χ2v) is 6.91. The Labute approximate surface area is 145 Å². The Morgan fingerprint density at radius 1 is 1.29 bits per heavy atom. The Hall–Kier alpha value is -1.83. The van der Waals surface area contributed by atoms with Gasteiger partial charge in [-0.25, -0.2) is 0 Å². The van der Waals surface area contributed by atoms with Crippen LogP contribution in [0.4, 0.5) is 0 Å². The Kier molecular flexibility index (Phi) is 5.55. The molecule has 1 saturated heterocycles. The average molecular weight is 349 g/mol. The van der Waals surface area contributed by atoms with Gasteiger partial charge in [0.15, 0.2) is 11.0 Å². The molecule has 1 amide bonds. The molecular weight excluding hydrogens is 326 g/mol. The summed E-state index contributed by atoms with van der Waals surface area (Å²) >= 11 is 1.62. The molecule has 1 aliphatic rings. The fraction of sp³-hybridized carbons (Fsp3) is 0.625. The van der Waals surface area contributed by atoms with Crippen LogP contribution in [0.15, 0.2) is 15.9 Å². The molecule has 0 atom stereocenters. The number of nitrogens with zero attached hydrogens (tertiary/aromatic N) is 5. The van der Waals surface area contributed by atoms with E-state index in [0.717, 1.165) is 60.4 Å². The minimum Gasteiger partial charge on any atom is -0.361 e. The van der Waals surface area contributed by atoms with E-state index in [0.29, 0.717) is 13.0 Å². The monoisotopic (exact) mass is 349 g/mol. The van der Waals surface area contributed by atoms with E-state index in [4.69, 9.17) is 4.52 Å². The van der Waals surface area contributed by atoms with E-state index in [-0.39, 0.29) is 5.91 Å². The normalized spacial score (nSPS) is 15.8.